The Balaban J connectivity index is 2.86. The lowest BCUT2D eigenvalue weighted by Crippen LogP contribution is -2.18. The normalized spacial score (nSPS) is 12.1. The van der Waals surface area contributed by atoms with Gasteiger partial charge in [-0.05, 0) is 11.8 Å². The van der Waals surface area contributed by atoms with E-state index >= 15 is 0 Å². The Morgan fingerprint density at radius 3 is 2.86 bits per heavy atom. The number of hydrogen-bond acceptors (Lipinski definition) is 5. The van der Waals surface area contributed by atoms with Crippen molar-refractivity contribution < 1.29 is 14.5 Å². The molecule has 1 aromatic rings. The van der Waals surface area contributed by atoms with Crippen LogP contribution in [0.15, 0.2) is 12.3 Å². The molecular weight excluding hydrogens is 190 g/mol. The summed E-state index contributed by atoms with van der Waals surface area (Å²) in [5, 5.41) is 13.9. The Bertz CT molecular complexity index is 360. The second kappa shape index (κ2) is 3.86. The van der Waals surface area contributed by atoms with Crippen LogP contribution in [0.5, 0.6) is 0 Å². The first-order valence-electron chi connectivity index (χ1n) is 3.83. The quantitative estimate of drug-likeness (QED) is 0.402. The number of aromatic nitrogens is 2. The van der Waals surface area contributed by atoms with E-state index in [2.05, 4.69) is 9.84 Å². The van der Waals surface area contributed by atoms with Crippen LogP contribution in [0.3, 0.4) is 0 Å². The van der Waals surface area contributed by atoms with E-state index in [0.29, 0.717) is 0 Å². The van der Waals surface area contributed by atoms with Gasteiger partial charge in [0.1, 0.15) is 0 Å². The van der Waals surface area contributed by atoms with Gasteiger partial charge >= 0.3 is 11.8 Å². The minimum absolute atomic E-state index is 0.291. The van der Waals surface area contributed by atoms with Crippen molar-refractivity contribution >= 4 is 11.8 Å². The van der Waals surface area contributed by atoms with Crippen molar-refractivity contribution in [2.45, 2.75) is 13.0 Å². The standard InChI is InChI=1S/C7H9N3O4/c1-5(7(11)14-2)9-4-3-6(8-9)10(12)13/h3-5H,1-2H3/t5-/m1/s1. The molecule has 0 aliphatic rings. The second-order valence-corrected chi connectivity index (χ2v) is 2.61. The lowest BCUT2D eigenvalue weighted by atomic mass is 10.3. The highest BCUT2D eigenvalue weighted by atomic mass is 16.6. The molecule has 0 saturated heterocycles. The second-order valence-electron chi connectivity index (χ2n) is 2.61. The SMILES string of the molecule is COC(=O)[C@@H](C)n1ccc([N+](=O)[O-])n1. The average molecular weight is 199 g/mol. The van der Waals surface area contributed by atoms with Gasteiger partial charge in [-0.2, -0.15) is 4.68 Å². The number of methoxy groups -OCH3 is 1. The molecular formula is C7H9N3O4. The van der Waals surface area contributed by atoms with E-state index < -0.39 is 16.9 Å². The van der Waals surface area contributed by atoms with E-state index in [1.54, 1.807) is 6.92 Å². The molecule has 1 aromatic heterocycles. The van der Waals surface area contributed by atoms with Gasteiger partial charge < -0.3 is 14.9 Å². The number of nitrogens with zero attached hydrogens (tertiary/aromatic N) is 3. The summed E-state index contributed by atoms with van der Waals surface area (Å²) in [6.07, 6.45) is 1.36. The highest BCUT2D eigenvalue weighted by molar-refractivity contribution is 5.73. The Kier molecular flexibility index (Phi) is 2.80. The van der Waals surface area contributed by atoms with Crippen molar-refractivity contribution in [3.63, 3.8) is 0 Å². The molecule has 0 unspecified atom stereocenters. The van der Waals surface area contributed by atoms with E-state index in [4.69, 9.17) is 0 Å². The highest BCUT2D eigenvalue weighted by Gasteiger charge is 2.21. The highest BCUT2D eigenvalue weighted by Crippen LogP contribution is 2.11. The maximum absolute atomic E-state index is 11.0. The van der Waals surface area contributed by atoms with Crippen LogP contribution < -0.4 is 0 Å². The van der Waals surface area contributed by atoms with Crippen LogP contribution in [0.2, 0.25) is 0 Å². The molecule has 0 aliphatic carbocycles. The Hall–Kier alpha value is -1.92. The molecule has 0 amide bonds. The number of rotatable bonds is 3. The monoisotopic (exact) mass is 199 g/mol. The average Bonchev–Trinajstić information content (AvgIpc) is 2.64. The first-order chi connectivity index (χ1) is 6.56. The smallest absolute Gasteiger partial charge is 0.389 e. The van der Waals surface area contributed by atoms with Crippen LogP contribution >= 0.6 is 0 Å². The fraction of sp³-hybridized carbons (Fsp3) is 0.429. The van der Waals surface area contributed by atoms with Crippen molar-refractivity contribution in [2.24, 2.45) is 0 Å². The van der Waals surface area contributed by atoms with E-state index in [0.717, 1.165) is 0 Å². The van der Waals surface area contributed by atoms with Crippen molar-refractivity contribution in [3.8, 4) is 0 Å². The summed E-state index contributed by atoms with van der Waals surface area (Å²) in [5.74, 6) is -0.788. The van der Waals surface area contributed by atoms with Gasteiger partial charge in [-0.25, -0.2) is 4.79 Å². The summed E-state index contributed by atoms with van der Waals surface area (Å²) in [4.78, 5) is 20.7. The van der Waals surface area contributed by atoms with E-state index in [1.807, 2.05) is 0 Å². The molecule has 14 heavy (non-hydrogen) atoms. The molecule has 0 aliphatic heterocycles. The molecule has 0 saturated carbocycles. The molecule has 76 valence electrons. The summed E-state index contributed by atoms with van der Waals surface area (Å²) in [6.45, 7) is 1.54. The van der Waals surface area contributed by atoms with Crippen LogP contribution in [0.1, 0.15) is 13.0 Å². The minimum Gasteiger partial charge on any atom is -0.467 e. The predicted molar refractivity (Wildman–Crippen MR) is 45.6 cm³/mol. The minimum atomic E-state index is -0.659. The molecule has 1 heterocycles. The molecule has 0 aromatic carbocycles. The zero-order valence-corrected chi connectivity index (χ0v) is 7.71. The van der Waals surface area contributed by atoms with Crippen molar-refractivity contribution in [1.29, 1.82) is 0 Å². The third kappa shape index (κ3) is 1.87. The molecule has 0 bridgehead atoms. The largest absolute Gasteiger partial charge is 0.467 e. The number of ether oxygens (including phenoxy) is 1. The molecule has 0 spiro atoms. The number of nitro groups is 1. The molecule has 1 rings (SSSR count). The number of hydrogen-bond donors (Lipinski definition) is 0. The molecule has 0 radical (unpaired) electrons. The van der Waals surface area contributed by atoms with Crippen LogP contribution in [-0.4, -0.2) is 27.8 Å². The van der Waals surface area contributed by atoms with E-state index in [1.165, 1.54) is 24.1 Å². The summed E-state index contributed by atoms with van der Waals surface area (Å²) in [7, 11) is 1.25. The lowest BCUT2D eigenvalue weighted by Gasteiger charge is -2.04. The fourth-order valence-corrected chi connectivity index (χ4v) is 0.920. The Morgan fingerprint density at radius 1 is 1.79 bits per heavy atom. The van der Waals surface area contributed by atoms with Gasteiger partial charge in [0, 0.05) is 0 Å². The number of carbonyl (C=O) groups is 1. The maximum atomic E-state index is 11.0. The fourth-order valence-electron chi connectivity index (χ4n) is 0.920. The zero-order chi connectivity index (χ0) is 10.7. The van der Waals surface area contributed by atoms with Gasteiger partial charge in [-0.3, -0.25) is 0 Å². The molecule has 1 atom stereocenters. The maximum Gasteiger partial charge on any atom is 0.389 e. The van der Waals surface area contributed by atoms with Crippen LogP contribution in [-0.2, 0) is 9.53 Å². The summed E-state index contributed by atoms with van der Waals surface area (Å²) < 4.78 is 5.65. The molecule has 7 heteroatoms. The van der Waals surface area contributed by atoms with Crippen molar-refractivity contribution in [3.05, 3.63) is 22.4 Å². The summed E-state index contributed by atoms with van der Waals surface area (Å²) >= 11 is 0. The van der Waals surface area contributed by atoms with E-state index in [9.17, 15) is 14.9 Å². The number of esters is 1. The van der Waals surface area contributed by atoms with Gasteiger partial charge in [0.15, 0.2) is 6.04 Å². The molecule has 7 nitrogen and oxygen atoms in total. The van der Waals surface area contributed by atoms with Gasteiger partial charge in [0.25, 0.3) is 0 Å². The molecule has 0 N–H and O–H groups in total. The Morgan fingerprint density at radius 2 is 2.43 bits per heavy atom. The van der Waals surface area contributed by atoms with Gasteiger partial charge in [0.2, 0.25) is 0 Å². The summed E-state index contributed by atoms with van der Waals surface area (Å²) in [6, 6.07) is 0.563. The summed E-state index contributed by atoms with van der Waals surface area (Å²) in [5.41, 5.74) is 0. The predicted octanol–water partition coefficient (Wildman–Crippen LogP) is 0.525. The van der Waals surface area contributed by atoms with Crippen molar-refractivity contribution in [1.82, 2.24) is 9.78 Å². The van der Waals surface area contributed by atoms with Gasteiger partial charge in [0.05, 0.1) is 24.5 Å². The van der Waals surface area contributed by atoms with E-state index in [-0.39, 0.29) is 5.82 Å². The van der Waals surface area contributed by atoms with Crippen LogP contribution in [0, 0.1) is 10.1 Å². The zero-order valence-electron chi connectivity index (χ0n) is 7.71. The van der Waals surface area contributed by atoms with Gasteiger partial charge in [-0.1, -0.05) is 0 Å². The first kappa shape index (κ1) is 10.2. The molecule has 0 fully saturated rings. The third-order valence-electron chi connectivity index (χ3n) is 1.72. The topological polar surface area (TPSA) is 87.3 Å². The Labute approximate surface area is 79.4 Å². The van der Waals surface area contributed by atoms with Crippen LogP contribution in [0.25, 0.3) is 0 Å². The van der Waals surface area contributed by atoms with Gasteiger partial charge in [-0.15, -0.1) is 0 Å². The van der Waals surface area contributed by atoms with Crippen molar-refractivity contribution in [2.75, 3.05) is 7.11 Å². The lowest BCUT2D eigenvalue weighted by molar-refractivity contribution is -0.389. The number of carbonyl (C=O) groups excluding carboxylic acids is 1. The first-order valence-corrected chi connectivity index (χ1v) is 3.83. The third-order valence-corrected chi connectivity index (χ3v) is 1.72. The van der Waals surface area contributed by atoms with Crippen LogP contribution in [0.4, 0.5) is 5.82 Å².